The van der Waals surface area contributed by atoms with Gasteiger partial charge < -0.3 is 13.7 Å². The lowest BCUT2D eigenvalue weighted by Crippen LogP contribution is -2.26. The van der Waals surface area contributed by atoms with Crippen molar-refractivity contribution in [2.45, 2.75) is 24.7 Å². The Morgan fingerprint density at radius 2 is 0.896 bits per heavy atom. The molecule has 1 spiro atoms. The van der Waals surface area contributed by atoms with Crippen molar-refractivity contribution < 1.29 is 8.83 Å². The van der Waals surface area contributed by atoms with E-state index in [2.05, 4.69) is 231 Å². The zero-order valence-corrected chi connectivity index (χ0v) is 37.0. The molecule has 3 aliphatic carbocycles. The molecule has 0 saturated heterocycles. The number of benzene rings is 10. The van der Waals surface area contributed by atoms with Crippen LogP contribution in [-0.4, -0.2) is 0 Å². The largest absolute Gasteiger partial charge is 0.456 e. The maximum Gasteiger partial charge on any atom is 0.159 e. The van der Waals surface area contributed by atoms with Gasteiger partial charge in [0.15, 0.2) is 5.58 Å². The van der Waals surface area contributed by atoms with E-state index in [1.807, 2.05) is 0 Å². The van der Waals surface area contributed by atoms with Crippen molar-refractivity contribution in [3.63, 3.8) is 0 Å². The lowest BCUT2D eigenvalue weighted by molar-refractivity contribution is 0.660. The molecule has 0 fully saturated rings. The van der Waals surface area contributed by atoms with Gasteiger partial charge in [-0.05, 0) is 121 Å². The molecule has 15 rings (SSSR count). The van der Waals surface area contributed by atoms with Gasteiger partial charge in [-0.1, -0.05) is 178 Å². The molecule has 0 saturated carbocycles. The molecule has 10 aromatic carbocycles. The van der Waals surface area contributed by atoms with Gasteiger partial charge in [0.25, 0.3) is 0 Å². The maximum atomic E-state index is 7.22. The number of anilines is 3. The van der Waals surface area contributed by atoms with Gasteiger partial charge in [0.2, 0.25) is 0 Å². The van der Waals surface area contributed by atoms with Crippen LogP contribution in [0.5, 0.6) is 0 Å². The number of hydrogen-bond acceptors (Lipinski definition) is 3. The molecule has 314 valence electrons. The monoisotopic (exact) mass is 855 g/mol. The molecule has 0 N–H and O–H groups in total. The van der Waals surface area contributed by atoms with E-state index in [0.29, 0.717) is 0 Å². The molecule has 2 heterocycles. The summed E-state index contributed by atoms with van der Waals surface area (Å²) in [5, 5.41) is 4.18. The van der Waals surface area contributed by atoms with Crippen LogP contribution in [0.2, 0.25) is 0 Å². The standard InChI is InChI=1S/C64H41NO2/c1-63(2)50-23-10-6-18-41(50)44-32-31-40(35-55(44)63)65(56-28-15-27-54-61(56)46-21-9-13-26-53(46)64(54)51-24-11-7-19-42(51)43-20-8-12-25-52(43)64)57-29-14-22-45-48-36-59-49(37-60(48)67-62(45)57)47-34-39(30-33-58(47)66-59)38-16-4-3-5-17-38/h3-37H,1-2H3. The molecule has 0 bridgehead atoms. The Balaban J connectivity index is 1.00. The fraction of sp³-hybridized carbons (Fsp3) is 0.0625. The van der Waals surface area contributed by atoms with E-state index < -0.39 is 5.41 Å². The van der Waals surface area contributed by atoms with Crippen molar-refractivity contribution in [3.05, 3.63) is 246 Å². The minimum atomic E-state index is -0.481. The van der Waals surface area contributed by atoms with Crippen LogP contribution in [0, 0.1) is 0 Å². The molecule has 0 aliphatic heterocycles. The third kappa shape index (κ3) is 4.75. The molecular weight excluding hydrogens is 815 g/mol. The van der Waals surface area contributed by atoms with Crippen molar-refractivity contribution in [2.24, 2.45) is 0 Å². The van der Waals surface area contributed by atoms with E-state index in [0.717, 1.165) is 66.5 Å². The molecule has 3 heteroatoms. The molecule has 2 aromatic heterocycles. The van der Waals surface area contributed by atoms with Gasteiger partial charge >= 0.3 is 0 Å². The summed E-state index contributed by atoms with van der Waals surface area (Å²) in [6.45, 7) is 4.73. The normalized spacial score (nSPS) is 14.4. The van der Waals surface area contributed by atoms with Crippen LogP contribution in [0.1, 0.15) is 47.2 Å². The predicted octanol–water partition coefficient (Wildman–Crippen LogP) is 17.3. The molecule has 0 atom stereocenters. The van der Waals surface area contributed by atoms with Crippen molar-refractivity contribution in [3.8, 4) is 44.5 Å². The van der Waals surface area contributed by atoms with Crippen LogP contribution in [-0.2, 0) is 10.8 Å². The van der Waals surface area contributed by atoms with E-state index in [1.54, 1.807) is 0 Å². The zero-order chi connectivity index (χ0) is 44.2. The lowest BCUT2D eigenvalue weighted by Gasteiger charge is -2.32. The van der Waals surface area contributed by atoms with Crippen molar-refractivity contribution in [1.29, 1.82) is 0 Å². The lowest BCUT2D eigenvalue weighted by atomic mass is 9.70. The minimum Gasteiger partial charge on any atom is -0.456 e. The fourth-order valence-corrected chi connectivity index (χ4v) is 12.6. The Kier molecular flexibility index (Phi) is 7.22. The van der Waals surface area contributed by atoms with E-state index in [-0.39, 0.29) is 5.41 Å². The average Bonchev–Trinajstić information content (AvgIpc) is 4.15. The smallest absolute Gasteiger partial charge is 0.159 e. The average molecular weight is 856 g/mol. The SMILES string of the molecule is CC1(C)c2ccccc2-c2ccc(N(c3cccc4c3-c3ccccc3C43c4ccccc4-c4ccccc43)c3cccc4c3oc3cc5c(cc34)oc3ccc(-c4ccccc4)cc35)cc21. The summed E-state index contributed by atoms with van der Waals surface area (Å²) in [6.07, 6.45) is 0. The number of furan rings is 2. The topological polar surface area (TPSA) is 29.5 Å². The number of fused-ring (bicyclic) bond motifs is 19. The third-order valence-corrected chi connectivity index (χ3v) is 15.5. The van der Waals surface area contributed by atoms with Crippen molar-refractivity contribution in [2.75, 3.05) is 4.90 Å². The van der Waals surface area contributed by atoms with Gasteiger partial charge in [0, 0.05) is 38.2 Å². The van der Waals surface area contributed by atoms with E-state index >= 15 is 0 Å². The first-order valence-electron chi connectivity index (χ1n) is 23.3. The molecule has 12 aromatic rings. The van der Waals surface area contributed by atoms with E-state index in [1.165, 1.54) is 72.3 Å². The highest BCUT2D eigenvalue weighted by Gasteiger charge is 2.52. The number of hydrogen-bond donors (Lipinski definition) is 0. The molecular formula is C64H41NO2. The summed E-state index contributed by atoms with van der Waals surface area (Å²) in [6, 6.07) is 78.1. The second kappa shape index (κ2) is 13.1. The molecule has 67 heavy (non-hydrogen) atoms. The molecule has 3 aliphatic rings. The van der Waals surface area contributed by atoms with Gasteiger partial charge in [0.05, 0.1) is 16.8 Å². The van der Waals surface area contributed by atoms with Crippen LogP contribution in [0.4, 0.5) is 17.1 Å². The van der Waals surface area contributed by atoms with E-state index in [9.17, 15) is 0 Å². The Morgan fingerprint density at radius 1 is 0.343 bits per heavy atom. The summed E-state index contributed by atoms with van der Waals surface area (Å²) in [5.74, 6) is 0. The second-order valence-corrected chi connectivity index (χ2v) is 19.1. The predicted molar refractivity (Wildman–Crippen MR) is 275 cm³/mol. The van der Waals surface area contributed by atoms with Crippen LogP contribution in [0.15, 0.2) is 221 Å². The first kappa shape index (κ1) is 36.9. The summed E-state index contributed by atoms with van der Waals surface area (Å²) >= 11 is 0. The minimum absolute atomic E-state index is 0.192. The Hall–Kier alpha value is -8.40. The second-order valence-electron chi connectivity index (χ2n) is 19.1. The van der Waals surface area contributed by atoms with Crippen molar-refractivity contribution in [1.82, 2.24) is 0 Å². The molecule has 3 nitrogen and oxygen atoms in total. The quantitative estimate of drug-likeness (QED) is 0.177. The van der Waals surface area contributed by atoms with Crippen LogP contribution >= 0.6 is 0 Å². The molecule has 0 unspecified atom stereocenters. The first-order valence-corrected chi connectivity index (χ1v) is 23.3. The summed E-state index contributed by atoms with van der Waals surface area (Å²) < 4.78 is 13.8. The summed E-state index contributed by atoms with van der Waals surface area (Å²) in [4.78, 5) is 2.48. The zero-order valence-electron chi connectivity index (χ0n) is 37.0. The van der Waals surface area contributed by atoms with Gasteiger partial charge in [-0.3, -0.25) is 0 Å². The van der Waals surface area contributed by atoms with Gasteiger partial charge in [-0.2, -0.15) is 0 Å². The Bertz CT molecular complexity index is 4040. The van der Waals surface area contributed by atoms with E-state index in [4.69, 9.17) is 8.83 Å². The van der Waals surface area contributed by atoms with Gasteiger partial charge in [-0.25, -0.2) is 0 Å². The van der Waals surface area contributed by atoms with Crippen LogP contribution < -0.4 is 4.90 Å². The Labute approximate surface area is 387 Å². The summed E-state index contributed by atoms with van der Waals surface area (Å²) in [5.41, 5.74) is 23.8. The van der Waals surface area contributed by atoms with Crippen LogP contribution in [0.25, 0.3) is 88.4 Å². The molecule has 0 amide bonds. The molecule has 0 radical (unpaired) electrons. The summed E-state index contributed by atoms with van der Waals surface area (Å²) in [7, 11) is 0. The third-order valence-electron chi connectivity index (χ3n) is 15.5. The Morgan fingerprint density at radius 3 is 1.64 bits per heavy atom. The number of para-hydroxylation sites is 1. The van der Waals surface area contributed by atoms with Gasteiger partial charge in [0.1, 0.15) is 16.7 Å². The van der Waals surface area contributed by atoms with Crippen molar-refractivity contribution >= 4 is 60.9 Å². The highest BCUT2D eigenvalue weighted by molar-refractivity contribution is 6.17. The fourth-order valence-electron chi connectivity index (χ4n) is 12.6. The highest BCUT2D eigenvalue weighted by Crippen LogP contribution is 2.65. The van der Waals surface area contributed by atoms with Crippen LogP contribution in [0.3, 0.4) is 0 Å². The number of nitrogens with zero attached hydrogens (tertiary/aromatic N) is 1. The number of rotatable bonds is 4. The first-order chi connectivity index (χ1) is 33.0. The van der Waals surface area contributed by atoms with Gasteiger partial charge in [-0.15, -0.1) is 0 Å². The highest BCUT2D eigenvalue weighted by atomic mass is 16.3. The maximum absolute atomic E-state index is 7.22.